The van der Waals surface area contributed by atoms with E-state index in [2.05, 4.69) is 0 Å². The molecule has 0 radical (unpaired) electrons. The molecule has 0 aliphatic carbocycles. The van der Waals surface area contributed by atoms with Crippen molar-refractivity contribution in [3.63, 3.8) is 0 Å². The van der Waals surface area contributed by atoms with E-state index in [1.165, 1.54) is 25.3 Å². The van der Waals surface area contributed by atoms with E-state index in [1.807, 2.05) is 0 Å². The lowest BCUT2D eigenvalue weighted by Gasteiger charge is -2.09. The van der Waals surface area contributed by atoms with E-state index in [1.54, 1.807) is 0 Å². The lowest BCUT2D eigenvalue weighted by Crippen LogP contribution is -2.24. The first-order valence-corrected chi connectivity index (χ1v) is 4.31. The first kappa shape index (κ1) is 12.4. The first-order valence-electron chi connectivity index (χ1n) is 4.31. The largest absolute Gasteiger partial charge is 0.504 e. The molecule has 0 heterocycles. The van der Waals surface area contributed by atoms with E-state index in [4.69, 9.17) is 4.74 Å². The predicted molar refractivity (Wildman–Crippen MR) is 49.4 cm³/mol. The third-order valence-electron chi connectivity index (χ3n) is 1.97. The number of ketones is 1. The van der Waals surface area contributed by atoms with Crippen molar-refractivity contribution in [1.29, 1.82) is 0 Å². The fourth-order valence-corrected chi connectivity index (χ4v) is 1.15. The van der Waals surface area contributed by atoms with E-state index in [9.17, 15) is 23.1 Å². The van der Waals surface area contributed by atoms with Crippen LogP contribution in [0, 0.1) is 0 Å². The zero-order valence-electron chi connectivity index (χ0n) is 8.34. The number of phenolic OH excluding ortho intramolecular Hbond substituents is 1. The Hall–Kier alpha value is -1.72. The number of hydrogen-bond acceptors (Lipinski definition) is 3. The van der Waals surface area contributed by atoms with Crippen molar-refractivity contribution in [2.75, 3.05) is 7.11 Å². The molecule has 1 aromatic rings. The second kappa shape index (κ2) is 4.42. The van der Waals surface area contributed by atoms with Crippen LogP contribution in [0.15, 0.2) is 18.2 Å². The summed E-state index contributed by atoms with van der Waals surface area (Å²) in [6, 6.07) is 4.02. The van der Waals surface area contributed by atoms with Crippen LogP contribution < -0.4 is 4.74 Å². The molecule has 0 saturated carbocycles. The van der Waals surface area contributed by atoms with Crippen molar-refractivity contribution >= 4 is 5.78 Å². The summed E-state index contributed by atoms with van der Waals surface area (Å²) >= 11 is 0. The number of alkyl halides is 3. The average molecular weight is 234 g/mol. The molecular formula is C10H9F3O3. The molecule has 0 saturated heterocycles. The lowest BCUT2D eigenvalue weighted by molar-refractivity contribution is -0.170. The normalized spacial score (nSPS) is 11.2. The average Bonchev–Trinajstić information content (AvgIpc) is 2.19. The second-order valence-electron chi connectivity index (χ2n) is 3.07. The van der Waals surface area contributed by atoms with Crippen molar-refractivity contribution < 1.29 is 27.8 Å². The first-order chi connectivity index (χ1) is 7.36. The van der Waals surface area contributed by atoms with Crippen LogP contribution >= 0.6 is 0 Å². The number of methoxy groups -OCH3 is 1. The minimum absolute atomic E-state index is 0.0347. The third kappa shape index (κ3) is 2.65. The summed E-state index contributed by atoms with van der Waals surface area (Å²) in [5.74, 6) is -2.31. The number of phenols is 1. The van der Waals surface area contributed by atoms with Crippen molar-refractivity contribution in [2.24, 2.45) is 0 Å². The summed E-state index contributed by atoms with van der Waals surface area (Å²) < 4.78 is 40.7. The Morgan fingerprint density at radius 1 is 1.44 bits per heavy atom. The zero-order valence-corrected chi connectivity index (χ0v) is 8.34. The molecule has 0 amide bonds. The molecule has 1 rings (SSSR count). The molecule has 0 unspecified atom stereocenters. The molecule has 0 bridgehead atoms. The number of para-hydroxylation sites is 1. The summed E-state index contributed by atoms with van der Waals surface area (Å²) in [5.41, 5.74) is -0.110. The summed E-state index contributed by atoms with van der Waals surface area (Å²) in [5, 5.41) is 9.46. The Morgan fingerprint density at radius 2 is 2.06 bits per heavy atom. The van der Waals surface area contributed by atoms with Gasteiger partial charge in [-0.3, -0.25) is 4.79 Å². The molecule has 0 atom stereocenters. The number of hydrogen-bond donors (Lipinski definition) is 1. The molecule has 6 heteroatoms. The smallest absolute Gasteiger partial charge is 0.450 e. The van der Waals surface area contributed by atoms with Gasteiger partial charge >= 0.3 is 6.18 Å². The van der Waals surface area contributed by atoms with Crippen molar-refractivity contribution in [2.45, 2.75) is 12.6 Å². The van der Waals surface area contributed by atoms with Gasteiger partial charge in [-0.15, -0.1) is 0 Å². The maximum Gasteiger partial charge on any atom is 0.450 e. The Bertz CT molecular complexity index is 399. The highest BCUT2D eigenvalue weighted by molar-refractivity contribution is 5.86. The minimum atomic E-state index is -4.89. The molecule has 1 aromatic carbocycles. The molecule has 0 aliphatic heterocycles. The number of rotatable bonds is 3. The molecule has 0 aliphatic rings. The van der Waals surface area contributed by atoms with Crippen LogP contribution in [0.25, 0.3) is 0 Å². The standard InChI is InChI=1S/C10H9F3O3/c1-16-7-4-2-3-6(9(7)15)5-8(14)10(11,12)13/h2-4,15H,5H2,1H3. The highest BCUT2D eigenvalue weighted by atomic mass is 19.4. The zero-order chi connectivity index (χ0) is 12.3. The van der Waals surface area contributed by atoms with Crippen molar-refractivity contribution in [3.05, 3.63) is 23.8 Å². The number of ether oxygens (including phenoxy) is 1. The Morgan fingerprint density at radius 3 is 2.56 bits per heavy atom. The van der Waals surface area contributed by atoms with Crippen LogP contribution in [0.1, 0.15) is 5.56 Å². The van der Waals surface area contributed by atoms with E-state index in [0.29, 0.717) is 0 Å². The fourth-order valence-electron chi connectivity index (χ4n) is 1.15. The van der Waals surface area contributed by atoms with Crippen molar-refractivity contribution in [1.82, 2.24) is 0 Å². The van der Waals surface area contributed by atoms with Gasteiger partial charge in [-0.05, 0) is 6.07 Å². The number of carbonyl (C=O) groups is 1. The van der Waals surface area contributed by atoms with E-state index >= 15 is 0 Å². The predicted octanol–water partition coefficient (Wildman–Crippen LogP) is 2.07. The van der Waals surface area contributed by atoms with Gasteiger partial charge in [0.15, 0.2) is 11.5 Å². The van der Waals surface area contributed by atoms with Gasteiger partial charge in [0.25, 0.3) is 0 Å². The fraction of sp³-hybridized carbons (Fsp3) is 0.300. The summed E-state index contributed by atoms with van der Waals surface area (Å²) in [6.45, 7) is 0. The number of Topliss-reactive ketones (excluding diaryl/α,β-unsaturated/α-hetero) is 1. The molecule has 3 nitrogen and oxygen atoms in total. The topological polar surface area (TPSA) is 46.5 Å². The van der Waals surface area contributed by atoms with Gasteiger partial charge in [-0.1, -0.05) is 12.1 Å². The maximum absolute atomic E-state index is 12.0. The molecule has 0 aromatic heterocycles. The summed E-state index contributed by atoms with van der Waals surface area (Å²) in [7, 11) is 1.27. The van der Waals surface area contributed by atoms with Crippen molar-refractivity contribution in [3.8, 4) is 11.5 Å². The van der Waals surface area contributed by atoms with E-state index < -0.39 is 24.1 Å². The molecule has 88 valence electrons. The quantitative estimate of drug-likeness (QED) is 0.870. The summed E-state index contributed by atoms with van der Waals surface area (Å²) in [4.78, 5) is 10.7. The van der Waals surface area contributed by atoms with Gasteiger partial charge in [-0.25, -0.2) is 0 Å². The maximum atomic E-state index is 12.0. The monoisotopic (exact) mass is 234 g/mol. The van der Waals surface area contributed by atoms with Gasteiger partial charge in [-0.2, -0.15) is 13.2 Å². The van der Waals surface area contributed by atoms with E-state index in [0.717, 1.165) is 0 Å². The Kier molecular flexibility index (Phi) is 3.41. The number of carbonyl (C=O) groups excluding carboxylic acids is 1. The van der Waals surface area contributed by atoms with Gasteiger partial charge in [0.05, 0.1) is 7.11 Å². The molecule has 16 heavy (non-hydrogen) atoms. The van der Waals surface area contributed by atoms with Gasteiger partial charge in [0.1, 0.15) is 0 Å². The molecule has 1 N–H and O–H groups in total. The SMILES string of the molecule is COc1cccc(CC(=O)C(F)(F)F)c1O. The lowest BCUT2D eigenvalue weighted by atomic mass is 10.1. The number of aromatic hydroxyl groups is 1. The van der Waals surface area contributed by atoms with Gasteiger partial charge < -0.3 is 9.84 Å². The highest BCUT2D eigenvalue weighted by Crippen LogP contribution is 2.31. The van der Waals surface area contributed by atoms with Crippen LogP contribution in [-0.4, -0.2) is 24.2 Å². The second-order valence-corrected chi connectivity index (χ2v) is 3.07. The minimum Gasteiger partial charge on any atom is -0.504 e. The van der Waals surface area contributed by atoms with Crippen LogP contribution in [0.2, 0.25) is 0 Å². The van der Waals surface area contributed by atoms with Crippen LogP contribution in [0.5, 0.6) is 11.5 Å². The summed E-state index contributed by atoms with van der Waals surface area (Å²) in [6.07, 6.45) is -5.79. The molecular weight excluding hydrogens is 225 g/mol. The molecule has 0 fully saturated rings. The Labute approximate surface area is 89.5 Å². The Balaban J connectivity index is 2.94. The number of benzene rings is 1. The highest BCUT2D eigenvalue weighted by Gasteiger charge is 2.38. The van der Waals surface area contributed by atoms with Gasteiger partial charge in [0, 0.05) is 12.0 Å². The van der Waals surface area contributed by atoms with E-state index in [-0.39, 0.29) is 11.3 Å². The van der Waals surface area contributed by atoms with Crippen LogP contribution in [0.4, 0.5) is 13.2 Å². The van der Waals surface area contributed by atoms with Crippen LogP contribution in [0.3, 0.4) is 0 Å². The van der Waals surface area contributed by atoms with Gasteiger partial charge in [0.2, 0.25) is 5.78 Å². The van der Waals surface area contributed by atoms with Crippen LogP contribution in [-0.2, 0) is 11.2 Å². The number of halogens is 3. The third-order valence-corrected chi connectivity index (χ3v) is 1.97. The molecule has 0 spiro atoms.